The average Bonchev–Trinajstić information content (AvgIpc) is 2.43. The summed E-state index contributed by atoms with van der Waals surface area (Å²) in [5.74, 6) is 2.02. The molecule has 0 aliphatic carbocycles. The average molecular weight is 309 g/mol. The molecule has 6 heteroatoms. The largest absolute Gasteiger partial charge is 0.315 e. The first-order valence-corrected chi connectivity index (χ1v) is 10.2. The third-order valence-corrected chi connectivity index (χ3v) is 6.87. The summed E-state index contributed by atoms with van der Waals surface area (Å²) in [5.41, 5.74) is 0. The van der Waals surface area contributed by atoms with E-state index in [1.54, 1.807) is 18.7 Å². The van der Waals surface area contributed by atoms with E-state index in [4.69, 9.17) is 0 Å². The molecule has 0 radical (unpaired) electrons. The molecule has 1 heterocycles. The van der Waals surface area contributed by atoms with Crippen molar-refractivity contribution in [3.05, 3.63) is 0 Å². The zero-order chi connectivity index (χ0) is 14.1. The summed E-state index contributed by atoms with van der Waals surface area (Å²) in [6.45, 7) is 7.62. The van der Waals surface area contributed by atoms with Crippen molar-refractivity contribution in [1.29, 1.82) is 0 Å². The Kier molecular flexibility index (Phi) is 8.37. The molecule has 1 rings (SSSR count). The standard InChI is InChI=1S/C13H28N2O2S2/c1-3-5-6-7-14-8-9-15-10-11-18-12-13(15)19(16,17)4-2/h13-14H,3-12H2,1-2H3. The predicted molar refractivity (Wildman–Crippen MR) is 84.5 cm³/mol. The minimum absolute atomic E-state index is 0.249. The first kappa shape index (κ1) is 17.3. The Morgan fingerprint density at radius 1 is 1.26 bits per heavy atom. The van der Waals surface area contributed by atoms with Crippen molar-refractivity contribution in [1.82, 2.24) is 10.2 Å². The van der Waals surface area contributed by atoms with Crippen LogP contribution in [0.4, 0.5) is 0 Å². The molecule has 1 aliphatic heterocycles. The topological polar surface area (TPSA) is 49.4 Å². The number of sulfone groups is 1. The molecular formula is C13H28N2O2S2. The van der Waals surface area contributed by atoms with Crippen molar-refractivity contribution in [2.75, 3.05) is 43.4 Å². The van der Waals surface area contributed by atoms with Crippen LogP contribution in [0.25, 0.3) is 0 Å². The van der Waals surface area contributed by atoms with Gasteiger partial charge in [0, 0.05) is 36.9 Å². The van der Waals surface area contributed by atoms with Gasteiger partial charge in [0.2, 0.25) is 0 Å². The lowest BCUT2D eigenvalue weighted by Crippen LogP contribution is -2.49. The molecule has 0 aromatic heterocycles. The van der Waals surface area contributed by atoms with Gasteiger partial charge >= 0.3 is 0 Å². The molecule has 0 aromatic rings. The number of unbranched alkanes of at least 4 members (excludes halogenated alkanes) is 2. The van der Waals surface area contributed by atoms with Crippen molar-refractivity contribution < 1.29 is 8.42 Å². The first-order valence-electron chi connectivity index (χ1n) is 7.36. The lowest BCUT2D eigenvalue weighted by Gasteiger charge is -2.34. The molecule has 4 nitrogen and oxygen atoms in total. The van der Waals surface area contributed by atoms with Gasteiger partial charge in [0.05, 0.1) is 0 Å². The van der Waals surface area contributed by atoms with Crippen molar-refractivity contribution in [3.63, 3.8) is 0 Å². The van der Waals surface area contributed by atoms with Crippen LogP contribution < -0.4 is 5.32 Å². The van der Waals surface area contributed by atoms with Gasteiger partial charge in [-0.1, -0.05) is 26.7 Å². The molecule has 19 heavy (non-hydrogen) atoms. The lowest BCUT2D eigenvalue weighted by molar-refractivity contribution is 0.269. The van der Waals surface area contributed by atoms with Crippen LogP contribution in [0.5, 0.6) is 0 Å². The van der Waals surface area contributed by atoms with Gasteiger partial charge in [-0.25, -0.2) is 8.42 Å². The number of hydrogen-bond acceptors (Lipinski definition) is 5. The maximum absolute atomic E-state index is 12.1. The Morgan fingerprint density at radius 2 is 2.05 bits per heavy atom. The Labute approximate surface area is 122 Å². The zero-order valence-electron chi connectivity index (χ0n) is 12.2. The van der Waals surface area contributed by atoms with E-state index in [2.05, 4.69) is 17.1 Å². The van der Waals surface area contributed by atoms with Crippen molar-refractivity contribution in [2.24, 2.45) is 0 Å². The summed E-state index contributed by atoms with van der Waals surface area (Å²) in [7, 11) is -2.94. The fourth-order valence-electron chi connectivity index (χ4n) is 2.24. The highest BCUT2D eigenvalue weighted by molar-refractivity contribution is 8.01. The second-order valence-electron chi connectivity index (χ2n) is 4.97. The van der Waals surface area contributed by atoms with E-state index in [-0.39, 0.29) is 11.1 Å². The van der Waals surface area contributed by atoms with E-state index in [1.165, 1.54) is 19.3 Å². The van der Waals surface area contributed by atoms with Gasteiger partial charge < -0.3 is 5.32 Å². The third kappa shape index (κ3) is 6.02. The van der Waals surface area contributed by atoms with Crippen LogP contribution in [-0.4, -0.2) is 62.1 Å². The fraction of sp³-hybridized carbons (Fsp3) is 1.00. The molecule has 1 atom stereocenters. The van der Waals surface area contributed by atoms with Gasteiger partial charge in [-0.05, 0) is 13.0 Å². The lowest BCUT2D eigenvalue weighted by atomic mass is 10.2. The predicted octanol–water partition coefficient (Wildman–Crippen LogP) is 1.58. The molecule has 0 saturated carbocycles. The Hall–Kier alpha value is 0.220. The summed E-state index contributed by atoms with van der Waals surface area (Å²) in [4.78, 5) is 2.14. The summed E-state index contributed by atoms with van der Waals surface area (Å²) in [6.07, 6.45) is 3.71. The van der Waals surface area contributed by atoms with E-state index in [0.29, 0.717) is 0 Å². The summed E-state index contributed by atoms with van der Waals surface area (Å²) < 4.78 is 24.1. The molecule has 114 valence electrons. The molecule has 1 saturated heterocycles. The molecule has 0 amide bonds. The zero-order valence-corrected chi connectivity index (χ0v) is 13.9. The van der Waals surface area contributed by atoms with E-state index in [9.17, 15) is 8.42 Å². The summed E-state index contributed by atoms with van der Waals surface area (Å²) in [6, 6.07) is 0. The number of nitrogens with one attached hydrogen (secondary N) is 1. The van der Waals surface area contributed by atoms with E-state index in [1.807, 2.05) is 0 Å². The van der Waals surface area contributed by atoms with E-state index < -0.39 is 9.84 Å². The maximum Gasteiger partial charge on any atom is 0.166 e. The highest BCUT2D eigenvalue weighted by Gasteiger charge is 2.32. The minimum Gasteiger partial charge on any atom is -0.315 e. The third-order valence-electron chi connectivity index (χ3n) is 3.54. The number of rotatable bonds is 9. The Morgan fingerprint density at radius 3 is 2.74 bits per heavy atom. The smallest absolute Gasteiger partial charge is 0.166 e. The molecule has 0 spiro atoms. The summed E-state index contributed by atoms with van der Waals surface area (Å²) in [5, 5.41) is 3.14. The van der Waals surface area contributed by atoms with Crippen LogP contribution in [0.15, 0.2) is 0 Å². The Balaban J connectivity index is 2.33. The highest BCUT2D eigenvalue weighted by atomic mass is 32.2. The van der Waals surface area contributed by atoms with Crippen molar-refractivity contribution >= 4 is 21.6 Å². The summed E-state index contributed by atoms with van der Waals surface area (Å²) >= 11 is 1.76. The second kappa shape index (κ2) is 9.21. The first-order chi connectivity index (χ1) is 9.11. The van der Waals surface area contributed by atoms with Gasteiger partial charge in [0.15, 0.2) is 9.84 Å². The van der Waals surface area contributed by atoms with Crippen LogP contribution in [0.2, 0.25) is 0 Å². The van der Waals surface area contributed by atoms with Gasteiger partial charge in [-0.15, -0.1) is 0 Å². The van der Waals surface area contributed by atoms with Crippen molar-refractivity contribution in [3.8, 4) is 0 Å². The SMILES string of the molecule is CCCCCNCCN1CCSCC1S(=O)(=O)CC. The molecule has 1 fully saturated rings. The van der Waals surface area contributed by atoms with Crippen LogP contribution in [0.1, 0.15) is 33.1 Å². The molecule has 0 bridgehead atoms. The monoisotopic (exact) mass is 308 g/mol. The molecule has 0 aromatic carbocycles. The van der Waals surface area contributed by atoms with Crippen LogP contribution in [0, 0.1) is 0 Å². The highest BCUT2D eigenvalue weighted by Crippen LogP contribution is 2.20. The van der Waals surface area contributed by atoms with E-state index in [0.717, 1.165) is 37.7 Å². The Bertz CT molecular complexity index is 334. The van der Waals surface area contributed by atoms with Gasteiger partial charge in [0.25, 0.3) is 0 Å². The number of nitrogens with zero attached hydrogens (tertiary/aromatic N) is 1. The van der Waals surface area contributed by atoms with Gasteiger partial charge in [0.1, 0.15) is 5.37 Å². The van der Waals surface area contributed by atoms with E-state index >= 15 is 0 Å². The van der Waals surface area contributed by atoms with Gasteiger partial charge in [-0.3, -0.25) is 4.90 Å². The quantitative estimate of drug-likeness (QED) is 0.655. The van der Waals surface area contributed by atoms with Gasteiger partial charge in [-0.2, -0.15) is 11.8 Å². The fourth-order valence-corrected chi connectivity index (χ4v) is 5.35. The van der Waals surface area contributed by atoms with Crippen LogP contribution in [0.3, 0.4) is 0 Å². The molecule has 1 aliphatic rings. The molecule has 1 N–H and O–H groups in total. The number of hydrogen-bond donors (Lipinski definition) is 1. The van der Waals surface area contributed by atoms with Crippen LogP contribution in [-0.2, 0) is 9.84 Å². The molecule has 1 unspecified atom stereocenters. The second-order valence-corrected chi connectivity index (χ2v) is 8.57. The normalized spacial score (nSPS) is 21.7. The van der Waals surface area contributed by atoms with Crippen molar-refractivity contribution in [2.45, 2.75) is 38.5 Å². The number of thioether (sulfide) groups is 1. The molecular weight excluding hydrogens is 280 g/mol. The maximum atomic E-state index is 12.1. The minimum atomic E-state index is -2.94. The van der Waals surface area contributed by atoms with Crippen LogP contribution >= 0.6 is 11.8 Å².